The number of carbonyl (C=O) groups is 1. The van der Waals surface area contributed by atoms with Crippen molar-refractivity contribution in [1.29, 1.82) is 0 Å². The third kappa shape index (κ3) is 5.28. The Labute approximate surface area is 101 Å². The smallest absolute Gasteiger partial charge is 0.231 e. The van der Waals surface area contributed by atoms with Crippen LogP contribution in [0.3, 0.4) is 0 Å². The summed E-state index contributed by atoms with van der Waals surface area (Å²) < 4.78 is 0. The Morgan fingerprint density at radius 1 is 1.56 bits per heavy atom. The van der Waals surface area contributed by atoms with Crippen LogP contribution in [-0.2, 0) is 11.2 Å². The number of thiophene rings is 1. The summed E-state index contributed by atoms with van der Waals surface area (Å²) in [6.45, 7) is 6.50. The van der Waals surface area contributed by atoms with Crippen LogP contribution in [0.15, 0.2) is 17.5 Å². The minimum absolute atomic E-state index is 0.244. The first-order valence-electron chi connectivity index (χ1n) is 5.61. The second-order valence-corrected chi connectivity index (χ2v) is 5.46. The standard InChI is InChI=1S/C12H20N2OS/c1-10(2)8-14(9-12(13)15)6-5-11-4-3-7-16-11/h3-4,7,10H,5-6,8-9H2,1-2H3,(H2,13,15). The number of carbonyl (C=O) groups excluding carboxylic acids is 1. The first kappa shape index (κ1) is 13.2. The molecule has 0 aliphatic rings. The highest BCUT2D eigenvalue weighted by atomic mass is 32.1. The molecule has 0 bridgehead atoms. The van der Waals surface area contributed by atoms with Crippen molar-refractivity contribution >= 4 is 17.2 Å². The summed E-state index contributed by atoms with van der Waals surface area (Å²) in [6.07, 6.45) is 0.998. The molecular formula is C12H20N2OS. The molecule has 0 saturated carbocycles. The van der Waals surface area contributed by atoms with Gasteiger partial charge in [0.25, 0.3) is 0 Å². The fourth-order valence-electron chi connectivity index (χ4n) is 1.69. The zero-order valence-electron chi connectivity index (χ0n) is 9.98. The monoisotopic (exact) mass is 240 g/mol. The van der Waals surface area contributed by atoms with Crippen molar-refractivity contribution < 1.29 is 4.79 Å². The van der Waals surface area contributed by atoms with Crippen LogP contribution >= 0.6 is 11.3 Å². The molecular weight excluding hydrogens is 220 g/mol. The van der Waals surface area contributed by atoms with E-state index in [0.717, 1.165) is 19.5 Å². The van der Waals surface area contributed by atoms with E-state index in [9.17, 15) is 4.79 Å². The summed E-state index contributed by atoms with van der Waals surface area (Å²) in [5, 5.41) is 2.08. The zero-order chi connectivity index (χ0) is 12.0. The lowest BCUT2D eigenvalue weighted by molar-refractivity contribution is -0.119. The number of hydrogen-bond donors (Lipinski definition) is 1. The number of nitrogens with zero attached hydrogens (tertiary/aromatic N) is 1. The van der Waals surface area contributed by atoms with Crippen LogP contribution < -0.4 is 5.73 Å². The lowest BCUT2D eigenvalue weighted by Gasteiger charge is -2.22. The van der Waals surface area contributed by atoms with E-state index in [4.69, 9.17) is 5.73 Å². The Balaban J connectivity index is 2.40. The molecule has 2 N–H and O–H groups in total. The average molecular weight is 240 g/mol. The van der Waals surface area contributed by atoms with E-state index in [0.29, 0.717) is 12.5 Å². The van der Waals surface area contributed by atoms with Gasteiger partial charge in [0.15, 0.2) is 0 Å². The quantitative estimate of drug-likeness (QED) is 0.789. The van der Waals surface area contributed by atoms with Crippen LogP contribution in [0.25, 0.3) is 0 Å². The van der Waals surface area contributed by atoms with Crippen LogP contribution in [-0.4, -0.2) is 30.4 Å². The molecule has 1 amide bonds. The molecule has 3 nitrogen and oxygen atoms in total. The molecule has 90 valence electrons. The number of hydrogen-bond acceptors (Lipinski definition) is 3. The van der Waals surface area contributed by atoms with Crippen molar-refractivity contribution in [1.82, 2.24) is 4.90 Å². The number of nitrogens with two attached hydrogens (primary N) is 1. The van der Waals surface area contributed by atoms with Gasteiger partial charge in [0.2, 0.25) is 5.91 Å². The Kier molecular flexibility index (Phi) is 5.49. The van der Waals surface area contributed by atoms with Crippen molar-refractivity contribution in [3.8, 4) is 0 Å². The van der Waals surface area contributed by atoms with Crippen molar-refractivity contribution in [3.05, 3.63) is 22.4 Å². The van der Waals surface area contributed by atoms with E-state index in [1.54, 1.807) is 11.3 Å². The maximum absolute atomic E-state index is 10.9. The van der Waals surface area contributed by atoms with Gasteiger partial charge in [0.05, 0.1) is 6.54 Å². The van der Waals surface area contributed by atoms with Gasteiger partial charge in [-0.15, -0.1) is 11.3 Å². The van der Waals surface area contributed by atoms with E-state index in [1.807, 2.05) is 0 Å². The fourth-order valence-corrected chi connectivity index (χ4v) is 2.39. The van der Waals surface area contributed by atoms with Crippen LogP contribution in [0.4, 0.5) is 0 Å². The molecule has 4 heteroatoms. The van der Waals surface area contributed by atoms with Crippen LogP contribution in [0, 0.1) is 5.92 Å². The van der Waals surface area contributed by atoms with Gasteiger partial charge in [-0.25, -0.2) is 0 Å². The molecule has 1 heterocycles. The predicted octanol–water partition coefficient (Wildman–Crippen LogP) is 1.73. The Morgan fingerprint density at radius 2 is 2.31 bits per heavy atom. The van der Waals surface area contributed by atoms with E-state index in [-0.39, 0.29) is 5.91 Å². The lowest BCUT2D eigenvalue weighted by atomic mass is 10.2. The van der Waals surface area contributed by atoms with E-state index in [1.165, 1.54) is 4.88 Å². The van der Waals surface area contributed by atoms with Crippen LogP contribution in [0.2, 0.25) is 0 Å². The predicted molar refractivity (Wildman–Crippen MR) is 68.5 cm³/mol. The lowest BCUT2D eigenvalue weighted by Crippen LogP contribution is -2.37. The highest BCUT2D eigenvalue weighted by molar-refractivity contribution is 7.09. The van der Waals surface area contributed by atoms with Gasteiger partial charge in [-0.3, -0.25) is 9.69 Å². The Morgan fingerprint density at radius 3 is 2.81 bits per heavy atom. The molecule has 0 unspecified atom stereocenters. The van der Waals surface area contributed by atoms with Gasteiger partial charge in [-0.1, -0.05) is 19.9 Å². The number of amides is 1. The van der Waals surface area contributed by atoms with Gasteiger partial charge in [0, 0.05) is 18.0 Å². The molecule has 0 atom stereocenters. The van der Waals surface area contributed by atoms with E-state index in [2.05, 4.69) is 36.3 Å². The van der Waals surface area contributed by atoms with E-state index >= 15 is 0 Å². The highest BCUT2D eigenvalue weighted by Gasteiger charge is 2.10. The normalized spacial score (nSPS) is 11.2. The first-order chi connectivity index (χ1) is 7.58. The molecule has 0 aromatic carbocycles. The summed E-state index contributed by atoms with van der Waals surface area (Å²) in [6, 6.07) is 4.18. The molecule has 0 aliphatic carbocycles. The summed E-state index contributed by atoms with van der Waals surface area (Å²) >= 11 is 1.76. The molecule has 0 fully saturated rings. The summed E-state index contributed by atoms with van der Waals surface area (Å²) in [5.41, 5.74) is 5.24. The highest BCUT2D eigenvalue weighted by Crippen LogP contribution is 2.10. The minimum Gasteiger partial charge on any atom is -0.369 e. The van der Waals surface area contributed by atoms with Gasteiger partial charge < -0.3 is 5.73 Å². The van der Waals surface area contributed by atoms with Crippen molar-refractivity contribution in [2.45, 2.75) is 20.3 Å². The Bertz CT molecular complexity index is 309. The summed E-state index contributed by atoms with van der Waals surface area (Å²) in [5.74, 6) is 0.314. The average Bonchev–Trinajstić information content (AvgIpc) is 2.64. The minimum atomic E-state index is -0.244. The molecule has 0 aliphatic heterocycles. The number of rotatable bonds is 7. The van der Waals surface area contributed by atoms with Crippen molar-refractivity contribution in [2.24, 2.45) is 11.7 Å². The van der Waals surface area contributed by atoms with E-state index < -0.39 is 0 Å². The molecule has 16 heavy (non-hydrogen) atoms. The molecule has 0 radical (unpaired) electrons. The van der Waals surface area contributed by atoms with Gasteiger partial charge in [0.1, 0.15) is 0 Å². The van der Waals surface area contributed by atoms with Crippen molar-refractivity contribution in [2.75, 3.05) is 19.6 Å². The SMILES string of the molecule is CC(C)CN(CCc1cccs1)CC(N)=O. The van der Waals surface area contributed by atoms with Gasteiger partial charge in [-0.2, -0.15) is 0 Å². The zero-order valence-corrected chi connectivity index (χ0v) is 10.8. The van der Waals surface area contributed by atoms with Gasteiger partial charge in [-0.05, 0) is 23.8 Å². The molecule has 1 aromatic rings. The summed E-state index contributed by atoms with van der Waals surface area (Å²) in [4.78, 5) is 14.4. The van der Waals surface area contributed by atoms with Gasteiger partial charge >= 0.3 is 0 Å². The maximum Gasteiger partial charge on any atom is 0.231 e. The molecule has 1 aromatic heterocycles. The maximum atomic E-state index is 10.9. The topological polar surface area (TPSA) is 46.3 Å². The number of primary amides is 1. The molecule has 1 rings (SSSR count). The third-order valence-electron chi connectivity index (χ3n) is 2.26. The van der Waals surface area contributed by atoms with Crippen molar-refractivity contribution in [3.63, 3.8) is 0 Å². The molecule has 0 saturated heterocycles. The second-order valence-electron chi connectivity index (χ2n) is 4.42. The second kappa shape index (κ2) is 6.66. The molecule has 0 spiro atoms. The third-order valence-corrected chi connectivity index (χ3v) is 3.19. The van der Waals surface area contributed by atoms with Crippen LogP contribution in [0.5, 0.6) is 0 Å². The Hall–Kier alpha value is -0.870. The summed E-state index contributed by atoms with van der Waals surface area (Å²) in [7, 11) is 0. The largest absolute Gasteiger partial charge is 0.369 e. The fraction of sp³-hybridized carbons (Fsp3) is 0.583. The van der Waals surface area contributed by atoms with Crippen LogP contribution in [0.1, 0.15) is 18.7 Å². The first-order valence-corrected chi connectivity index (χ1v) is 6.49.